The first kappa shape index (κ1) is 41.3. The van der Waals surface area contributed by atoms with E-state index in [0.29, 0.717) is 0 Å². The molecule has 3 aromatic carbocycles. The fourth-order valence-electron chi connectivity index (χ4n) is 6.38. The molecule has 0 saturated heterocycles. The lowest BCUT2D eigenvalue weighted by molar-refractivity contribution is 0.678. The van der Waals surface area contributed by atoms with E-state index in [4.69, 9.17) is 0 Å². The lowest BCUT2D eigenvalue weighted by Crippen LogP contribution is -2.25. The Balaban J connectivity index is 1.52. The maximum atomic E-state index is 4.28. The summed E-state index contributed by atoms with van der Waals surface area (Å²) in [5.41, 5.74) is 10.5. The first-order valence-corrected chi connectivity index (χ1v) is 20.7. The largest absolute Gasteiger partial charge is 0.372 e. The van der Waals surface area contributed by atoms with E-state index < -0.39 is 0 Å². The van der Waals surface area contributed by atoms with Crippen LogP contribution in [0.3, 0.4) is 0 Å². The fourth-order valence-corrected chi connectivity index (χ4v) is 6.38. The van der Waals surface area contributed by atoms with Crippen molar-refractivity contribution < 1.29 is 0 Å². The molecule has 0 fully saturated rings. The molecular weight excluding hydrogens is 681 g/mol. The van der Waals surface area contributed by atoms with E-state index in [1.807, 2.05) is 24.3 Å². The molecule has 0 saturated carbocycles. The number of rotatable bonds is 18. The van der Waals surface area contributed by atoms with Gasteiger partial charge >= 0.3 is 0 Å². The molecule has 0 amide bonds. The van der Waals surface area contributed by atoms with Gasteiger partial charge < -0.3 is 9.80 Å². The minimum atomic E-state index is 0.873. The molecule has 0 aliphatic carbocycles. The molecule has 2 aromatic heterocycles. The monoisotopic (exact) mass is 738 g/mol. The van der Waals surface area contributed by atoms with E-state index in [0.717, 1.165) is 70.7 Å². The summed E-state index contributed by atoms with van der Waals surface area (Å²) in [5.74, 6) is 13.7. The van der Waals surface area contributed by atoms with Crippen LogP contribution in [0.1, 0.15) is 124 Å². The van der Waals surface area contributed by atoms with E-state index in [1.54, 1.807) is 24.8 Å². The molecule has 56 heavy (non-hydrogen) atoms. The van der Waals surface area contributed by atoms with Crippen molar-refractivity contribution in [2.45, 2.75) is 79.1 Å². The average Bonchev–Trinajstić information content (AvgIpc) is 3.25. The van der Waals surface area contributed by atoms with Gasteiger partial charge in [-0.25, -0.2) is 0 Å². The van der Waals surface area contributed by atoms with Crippen molar-refractivity contribution in [1.82, 2.24) is 9.97 Å². The van der Waals surface area contributed by atoms with Gasteiger partial charge in [0.25, 0.3) is 0 Å². The zero-order chi connectivity index (χ0) is 39.2. The zero-order valence-electron chi connectivity index (χ0n) is 34.0. The summed E-state index contributed by atoms with van der Waals surface area (Å²) in [6, 6.07) is 30.1. The van der Waals surface area contributed by atoms with E-state index >= 15 is 0 Å². The van der Waals surface area contributed by atoms with Crippen molar-refractivity contribution in [1.29, 1.82) is 0 Å². The number of unbranched alkanes of at least 4 members (excludes halogenated alkanes) is 4. The summed E-state index contributed by atoms with van der Waals surface area (Å²) in [6.45, 7) is 13.4. The van der Waals surface area contributed by atoms with Crippen LogP contribution in [0, 0.1) is 23.7 Å². The Bertz CT molecular complexity index is 1920. The molecule has 0 atom stereocenters. The molecule has 4 nitrogen and oxygen atoms in total. The highest BCUT2D eigenvalue weighted by Crippen LogP contribution is 2.24. The van der Waals surface area contributed by atoms with Crippen LogP contribution in [0.15, 0.2) is 110 Å². The number of hydrogen-bond acceptors (Lipinski definition) is 4. The minimum absolute atomic E-state index is 0.873. The highest BCUT2D eigenvalue weighted by molar-refractivity contribution is 5.80. The van der Waals surface area contributed by atoms with Crippen LogP contribution < -0.4 is 9.80 Å². The number of aromatic nitrogens is 2. The Hall–Kier alpha value is -5.84. The van der Waals surface area contributed by atoms with Crippen LogP contribution in [0.2, 0.25) is 0 Å². The van der Waals surface area contributed by atoms with Gasteiger partial charge in [0.15, 0.2) is 0 Å². The molecule has 0 spiro atoms. The standard InChI is InChI=1S/C52H58N4/c1-5-9-35-55(36-10-6-2)51-29-21-43(22-30-51)17-25-47-39-50(28-20-46-16-14-34-54-42-46)48(40-49(47)27-19-45-15-13-33-53-41-45)26-18-44-23-31-52(32-24-44)56(37-11-7-3)38-12-8-4/h13-18,21-26,29-34,39-42H,5-12,35-38H2,1-4H3/b25-17+,26-18+. The van der Waals surface area contributed by atoms with E-state index in [2.05, 4.69) is 156 Å². The van der Waals surface area contributed by atoms with Gasteiger partial charge in [0.05, 0.1) is 0 Å². The van der Waals surface area contributed by atoms with Gasteiger partial charge in [-0.3, -0.25) is 9.97 Å². The van der Waals surface area contributed by atoms with Crippen molar-refractivity contribution in [2.75, 3.05) is 36.0 Å². The van der Waals surface area contributed by atoms with Crippen molar-refractivity contribution in [3.05, 3.63) is 154 Å². The van der Waals surface area contributed by atoms with Gasteiger partial charge in [-0.15, -0.1) is 0 Å². The summed E-state index contributed by atoms with van der Waals surface area (Å²) in [6.07, 6.45) is 25.4. The molecular formula is C52H58N4. The van der Waals surface area contributed by atoms with Gasteiger partial charge in [0.2, 0.25) is 0 Å². The number of hydrogen-bond donors (Lipinski definition) is 0. The molecule has 4 heteroatoms. The molecule has 5 rings (SSSR count). The quantitative estimate of drug-likeness (QED) is 0.0662. The molecule has 0 bridgehead atoms. The number of benzene rings is 3. The second kappa shape index (κ2) is 23.2. The smallest absolute Gasteiger partial charge is 0.0432 e. The minimum Gasteiger partial charge on any atom is -0.372 e. The maximum absolute atomic E-state index is 4.28. The van der Waals surface area contributed by atoms with E-state index in [9.17, 15) is 0 Å². The summed E-state index contributed by atoms with van der Waals surface area (Å²) in [5, 5.41) is 0. The third-order valence-electron chi connectivity index (χ3n) is 9.78. The first-order chi connectivity index (χ1) is 27.6. The third-order valence-corrected chi connectivity index (χ3v) is 9.78. The average molecular weight is 739 g/mol. The Kier molecular flexibility index (Phi) is 17.1. The zero-order valence-corrected chi connectivity index (χ0v) is 34.0. The van der Waals surface area contributed by atoms with Crippen LogP contribution in [0.25, 0.3) is 24.3 Å². The van der Waals surface area contributed by atoms with Crippen molar-refractivity contribution in [2.24, 2.45) is 0 Å². The SMILES string of the molecule is CCCCN(CCCC)c1ccc(/C=C/c2cc(C#Cc3cccnc3)c(/C=C/c3ccc(N(CCCC)CCCC)cc3)cc2C#Cc2cccnc2)cc1. The van der Waals surface area contributed by atoms with Crippen LogP contribution in [0.4, 0.5) is 11.4 Å². The van der Waals surface area contributed by atoms with Crippen LogP contribution in [-0.4, -0.2) is 36.1 Å². The molecule has 0 aliphatic heterocycles. The Morgan fingerprint density at radius 1 is 0.464 bits per heavy atom. The number of anilines is 2. The third kappa shape index (κ3) is 13.2. The highest BCUT2D eigenvalue weighted by Gasteiger charge is 2.09. The normalized spacial score (nSPS) is 10.9. The lowest BCUT2D eigenvalue weighted by atomic mass is 9.96. The Morgan fingerprint density at radius 2 is 0.839 bits per heavy atom. The maximum Gasteiger partial charge on any atom is 0.0432 e. The molecule has 2 heterocycles. The Morgan fingerprint density at radius 3 is 1.16 bits per heavy atom. The van der Waals surface area contributed by atoms with E-state index in [1.165, 1.54) is 62.7 Å². The topological polar surface area (TPSA) is 32.3 Å². The number of nitrogens with zero attached hydrogens (tertiary/aromatic N) is 4. The fraction of sp³-hybridized carbons (Fsp3) is 0.308. The second-order valence-electron chi connectivity index (χ2n) is 14.2. The summed E-state index contributed by atoms with van der Waals surface area (Å²) >= 11 is 0. The summed E-state index contributed by atoms with van der Waals surface area (Å²) in [7, 11) is 0. The predicted molar refractivity (Wildman–Crippen MR) is 242 cm³/mol. The molecule has 0 radical (unpaired) electrons. The van der Waals surface area contributed by atoms with Crippen molar-refractivity contribution in [3.8, 4) is 23.7 Å². The van der Waals surface area contributed by atoms with Gasteiger partial charge in [-0.2, -0.15) is 0 Å². The molecule has 286 valence electrons. The van der Waals surface area contributed by atoms with Gasteiger partial charge in [0.1, 0.15) is 0 Å². The highest BCUT2D eigenvalue weighted by atomic mass is 15.1. The Labute approximate surface area is 337 Å². The van der Waals surface area contributed by atoms with Crippen LogP contribution >= 0.6 is 0 Å². The lowest BCUT2D eigenvalue weighted by Gasteiger charge is -2.24. The number of pyridine rings is 2. The molecule has 0 aliphatic rings. The van der Waals surface area contributed by atoms with Crippen LogP contribution in [0.5, 0.6) is 0 Å². The summed E-state index contributed by atoms with van der Waals surface area (Å²) < 4.78 is 0. The van der Waals surface area contributed by atoms with Crippen molar-refractivity contribution in [3.63, 3.8) is 0 Å². The summed E-state index contributed by atoms with van der Waals surface area (Å²) in [4.78, 5) is 13.6. The predicted octanol–water partition coefficient (Wildman–Crippen LogP) is 12.4. The van der Waals surface area contributed by atoms with Crippen LogP contribution in [-0.2, 0) is 0 Å². The second-order valence-corrected chi connectivity index (χ2v) is 14.2. The van der Waals surface area contributed by atoms with E-state index in [-0.39, 0.29) is 0 Å². The molecule has 0 unspecified atom stereocenters. The first-order valence-electron chi connectivity index (χ1n) is 20.7. The van der Waals surface area contributed by atoms with Gasteiger partial charge in [0, 0.05) is 84.6 Å². The molecule has 0 N–H and O–H groups in total. The molecule has 5 aromatic rings. The van der Waals surface area contributed by atoms with Gasteiger partial charge in [-0.05, 0) is 109 Å². The van der Waals surface area contributed by atoms with Gasteiger partial charge in [-0.1, -0.05) is 126 Å². The van der Waals surface area contributed by atoms with Crippen molar-refractivity contribution >= 4 is 35.7 Å².